The van der Waals surface area contributed by atoms with Crippen molar-refractivity contribution in [3.63, 3.8) is 0 Å². The van der Waals surface area contributed by atoms with E-state index in [0.29, 0.717) is 42.1 Å². The van der Waals surface area contributed by atoms with Crippen molar-refractivity contribution in [3.8, 4) is 11.3 Å². The number of carbonyl (C=O) groups excluding carboxylic acids is 1. The SMILES string of the molecule is O=C(NCc1cccnc1)c1cc(CO)c(-c2ccccc2)nc1NCCc1cccc(F)c1. The number of nitrogens with one attached hydrogen (secondary N) is 2. The van der Waals surface area contributed by atoms with Gasteiger partial charge in [0.25, 0.3) is 5.91 Å². The summed E-state index contributed by atoms with van der Waals surface area (Å²) >= 11 is 0. The molecule has 0 aliphatic carbocycles. The van der Waals surface area contributed by atoms with Gasteiger partial charge in [0.15, 0.2) is 0 Å². The summed E-state index contributed by atoms with van der Waals surface area (Å²) in [5, 5.41) is 16.1. The molecule has 0 atom stereocenters. The van der Waals surface area contributed by atoms with Gasteiger partial charge in [-0.1, -0.05) is 48.5 Å². The molecule has 0 radical (unpaired) electrons. The minimum atomic E-state index is -0.320. The van der Waals surface area contributed by atoms with Crippen molar-refractivity contribution in [2.75, 3.05) is 11.9 Å². The summed E-state index contributed by atoms with van der Waals surface area (Å²) in [6.07, 6.45) is 3.92. The molecule has 4 rings (SSSR count). The number of amides is 1. The van der Waals surface area contributed by atoms with Gasteiger partial charge in [-0.15, -0.1) is 0 Å². The fourth-order valence-corrected chi connectivity index (χ4v) is 3.63. The normalized spacial score (nSPS) is 10.6. The minimum Gasteiger partial charge on any atom is -0.392 e. The highest BCUT2D eigenvalue weighted by Gasteiger charge is 2.18. The Hall–Kier alpha value is -4.10. The summed E-state index contributed by atoms with van der Waals surface area (Å²) in [7, 11) is 0. The van der Waals surface area contributed by atoms with Gasteiger partial charge < -0.3 is 15.7 Å². The number of rotatable bonds is 9. The summed E-state index contributed by atoms with van der Waals surface area (Å²) in [5.41, 5.74) is 4.01. The third-order valence-corrected chi connectivity index (χ3v) is 5.33. The second kappa shape index (κ2) is 11.2. The first kappa shape index (κ1) is 23.1. The molecule has 0 aliphatic heterocycles. The van der Waals surface area contributed by atoms with Crippen LogP contribution in [0, 0.1) is 5.82 Å². The van der Waals surface area contributed by atoms with E-state index in [-0.39, 0.29) is 18.3 Å². The molecule has 0 fully saturated rings. The standard InChI is InChI=1S/C27H25FN4O2/c28-23-10-4-6-19(14-23)11-13-30-26-24(27(34)31-17-20-7-5-12-29-16-20)15-22(18-33)25(32-26)21-8-2-1-3-9-21/h1-10,12,14-16,33H,11,13,17-18H2,(H,30,32)(H,31,34). The lowest BCUT2D eigenvalue weighted by Crippen LogP contribution is -2.25. The molecule has 2 aromatic carbocycles. The Morgan fingerprint density at radius 2 is 1.79 bits per heavy atom. The van der Waals surface area contributed by atoms with Crippen LogP contribution in [-0.4, -0.2) is 27.5 Å². The molecular weight excluding hydrogens is 431 g/mol. The van der Waals surface area contributed by atoms with Crippen LogP contribution in [0.5, 0.6) is 0 Å². The predicted molar refractivity (Wildman–Crippen MR) is 130 cm³/mol. The quantitative estimate of drug-likeness (QED) is 0.348. The Balaban J connectivity index is 1.61. The van der Waals surface area contributed by atoms with Crippen LogP contribution in [0.1, 0.15) is 27.0 Å². The average molecular weight is 457 g/mol. The van der Waals surface area contributed by atoms with E-state index in [1.807, 2.05) is 42.5 Å². The Morgan fingerprint density at radius 3 is 2.53 bits per heavy atom. The molecule has 0 aliphatic rings. The highest BCUT2D eigenvalue weighted by Crippen LogP contribution is 2.27. The van der Waals surface area contributed by atoms with Gasteiger partial charge in [0, 0.05) is 36.6 Å². The third kappa shape index (κ3) is 5.82. The first-order chi connectivity index (χ1) is 16.6. The largest absolute Gasteiger partial charge is 0.392 e. The molecule has 1 amide bonds. The molecule has 2 aromatic heterocycles. The predicted octanol–water partition coefficient (Wildman–Crippen LogP) is 4.36. The van der Waals surface area contributed by atoms with Gasteiger partial charge in [-0.2, -0.15) is 0 Å². The molecule has 3 N–H and O–H groups in total. The van der Waals surface area contributed by atoms with E-state index in [4.69, 9.17) is 4.98 Å². The summed E-state index contributed by atoms with van der Waals surface area (Å²) in [4.78, 5) is 21.9. The zero-order valence-electron chi connectivity index (χ0n) is 18.5. The first-order valence-electron chi connectivity index (χ1n) is 11.0. The zero-order valence-corrected chi connectivity index (χ0v) is 18.5. The van der Waals surface area contributed by atoms with Gasteiger partial charge in [-0.25, -0.2) is 9.37 Å². The molecule has 172 valence electrons. The number of carbonyl (C=O) groups is 1. The smallest absolute Gasteiger partial charge is 0.255 e. The lowest BCUT2D eigenvalue weighted by Gasteiger charge is -2.16. The van der Waals surface area contributed by atoms with Crippen molar-refractivity contribution in [1.29, 1.82) is 0 Å². The number of benzene rings is 2. The van der Waals surface area contributed by atoms with Crippen molar-refractivity contribution >= 4 is 11.7 Å². The molecule has 0 saturated carbocycles. The summed E-state index contributed by atoms with van der Waals surface area (Å²) in [6.45, 7) is 0.500. The fourth-order valence-electron chi connectivity index (χ4n) is 3.63. The summed E-state index contributed by atoms with van der Waals surface area (Å²) in [6, 6.07) is 21.3. The zero-order chi connectivity index (χ0) is 23.8. The molecule has 4 aromatic rings. The van der Waals surface area contributed by atoms with Crippen molar-refractivity contribution in [3.05, 3.63) is 113 Å². The number of aliphatic hydroxyl groups is 1. The Bertz CT molecular complexity index is 1250. The Morgan fingerprint density at radius 1 is 0.971 bits per heavy atom. The summed E-state index contributed by atoms with van der Waals surface area (Å²) < 4.78 is 13.5. The number of pyridine rings is 2. The molecule has 0 saturated heterocycles. The van der Waals surface area contributed by atoms with Crippen LogP contribution in [0.2, 0.25) is 0 Å². The second-order valence-corrected chi connectivity index (χ2v) is 7.77. The topological polar surface area (TPSA) is 87.1 Å². The van der Waals surface area contributed by atoms with Crippen LogP contribution in [0.25, 0.3) is 11.3 Å². The van der Waals surface area contributed by atoms with Crippen LogP contribution in [0.15, 0.2) is 85.2 Å². The lowest BCUT2D eigenvalue weighted by atomic mass is 10.0. The maximum Gasteiger partial charge on any atom is 0.255 e. The molecule has 6 nitrogen and oxygen atoms in total. The van der Waals surface area contributed by atoms with Crippen molar-refractivity contribution in [2.24, 2.45) is 0 Å². The van der Waals surface area contributed by atoms with Gasteiger partial charge >= 0.3 is 0 Å². The van der Waals surface area contributed by atoms with E-state index < -0.39 is 0 Å². The van der Waals surface area contributed by atoms with Crippen molar-refractivity contribution in [2.45, 2.75) is 19.6 Å². The number of nitrogens with zero attached hydrogens (tertiary/aromatic N) is 2. The number of hydrogen-bond donors (Lipinski definition) is 3. The van der Waals surface area contributed by atoms with Gasteiger partial charge in [0.1, 0.15) is 11.6 Å². The van der Waals surface area contributed by atoms with Crippen LogP contribution >= 0.6 is 0 Å². The Kier molecular flexibility index (Phi) is 7.57. The minimum absolute atomic E-state index is 0.260. The maximum atomic E-state index is 13.5. The van der Waals surface area contributed by atoms with Crippen LogP contribution in [0.3, 0.4) is 0 Å². The lowest BCUT2D eigenvalue weighted by molar-refractivity contribution is 0.0951. The Labute approximate surface area is 197 Å². The number of hydrogen-bond acceptors (Lipinski definition) is 5. The van der Waals surface area contributed by atoms with Crippen LogP contribution in [0.4, 0.5) is 10.2 Å². The summed E-state index contributed by atoms with van der Waals surface area (Å²) in [5.74, 6) is -0.209. The number of aromatic nitrogens is 2. The average Bonchev–Trinajstić information content (AvgIpc) is 2.88. The van der Waals surface area contributed by atoms with Gasteiger partial charge in [-0.05, 0) is 41.8 Å². The number of anilines is 1. The highest BCUT2D eigenvalue weighted by molar-refractivity contribution is 5.99. The van der Waals surface area contributed by atoms with Gasteiger partial charge in [0.2, 0.25) is 0 Å². The van der Waals surface area contributed by atoms with Crippen molar-refractivity contribution in [1.82, 2.24) is 15.3 Å². The molecule has 34 heavy (non-hydrogen) atoms. The van der Waals surface area contributed by atoms with E-state index >= 15 is 0 Å². The van der Waals surface area contributed by atoms with E-state index in [9.17, 15) is 14.3 Å². The molecule has 0 spiro atoms. The third-order valence-electron chi connectivity index (χ3n) is 5.33. The molecule has 0 unspecified atom stereocenters. The molecule has 7 heteroatoms. The van der Waals surface area contributed by atoms with Crippen LogP contribution in [-0.2, 0) is 19.6 Å². The highest BCUT2D eigenvalue weighted by atomic mass is 19.1. The molecule has 2 heterocycles. The van der Waals surface area contributed by atoms with Crippen molar-refractivity contribution < 1.29 is 14.3 Å². The first-order valence-corrected chi connectivity index (χ1v) is 11.0. The monoisotopic (exact) mass is 456 g/mol. The molecule has 0 bridgehead atoms. The van der Waals surface area contributed by atoms with E-state index in [1.54, 1.807) is 30.6 Å². The van der Waals surface area contributed by atoms with E-state index in [1.165, 1.54) is 12.1 Å². The second-order valence-electron chi connectivity index (χ2n) is 7.77. The van der Waals surface area contributed by atoms with Gasteiger partial charge in [0.05, 0.1) is 17.9 Å². The van der Waals surface area contributed by atoms with E-state index in [0.717, 1.165) is 16.7 Å². The number of halogens is 1. The maximum absolute atomic E-state index is 13.5. The fraction of sp³-hybridized carbons (Fsp3) is 0.148. The molecular formula is C27H25FN4O2. The number of aliphatic hydroxyl groups excluding tert-OH is 1. The van der Waals surface area contributed by atoms with Crippen LogP contribution < -0.4 is 10.6 Å². The van der Waals surface area contributed by atoms with Gasteiger partial charge in [-0.3, -0.25) is 9.78 Å². The van der Waals surface area contributed by atoms with E-state index in [2.05, 4.69) is 15.6 Å².